The first kappa shape index (κ1) is 25.6. The van der Waals surface area contributed by atoms with Crippen molar-refractivity contribution in [3.8, 4) is 0 Å². The van der Waals surface area contributed by atoms with Gasteiger partial charge in [-0.15, -0.1) is 0 Å². The lowest BCUT2D eigenvalue weighted by Gasteiger charge is -2.20. The average molecular weight is 476 g/mol. The van der Waals surface area contributed by atoms with Crippen LogP contribution in [0.2, 0.25) is 0 Å². The van der Waals surface area contributed by atoms with E-state index in [2.05, 4.69) is 66.0 Å². The lowest BCUT2D eigenvalue weighted by molar-refractivity contribution is -0.149. The van der Waals surface area contributed by atoms with Crippen molar-refractivity contribution in [3.63, 3.8) is 0 Å². The number of nitrogens with one attached hydrogen (secondary N) is 1. The number of benzene rings is 3. The van der Waals surface area contributed by atoms with Gasteiger partial charge in [0.05, 0.1) is 4.99 Å². The molecule has 0 saturated heterocycles. The zero-order valence-corrected chi connectivity index (χ0v) is 20.5. The maximum Gasteiger partial charge on any atom is 0.333 e. The van der Waals surface area contributed by atoms with Crippen LogP contribution >= 0.6 is 12.2 Å². The van der Waals surface area contributed by atoms with Crippen LogP contribution in [0.25, 0.3) is 0 Å². The van der Waals surface area contributed by atoms with Crippen LogP contribution < -0.4 is 5.32 Å². The third kappa shape index (κ3) is 8.08. The number of carbonyl (C=O) groups is 1. The molecule has 0 aromatic heterocycles. The Kier molecular flexibility index (Phi) is 10.3. The fraction of sp³-hybridized carbons (Fsp3) is 0.310. The summed E-state index contributed by atoms with van der Waals surface area (Å²) in [6.07, 6.45) is 2.28. The molecular weight excluding hydrogens is 442 g/mol. The Morgan fingerprint density at radius 3 is 2.09 bits per heavy atom. The molecule has 4 nitrogen and oxygen atoms in total. The van der Waals surface area contributed by atoms with Gasteiger partial charge in [0.1, 0.15) is 0 Å². The summed E-state index contributed by atoms with van der Waals surface area (Å²) in [4.78, 5) is 12.2. The number of hydrogen-bond donors (Lipinski definition) is 2. The maximum absolute atomic E-state index is 11.3. The molecule has 0 fully saturated rings. The molecule has 0 amide bonds. The third-order valence-corrected chi connectivity index (χ3v) is 6.31. The summed E-state index contributed by atoms with van der Waals surface area (Å²) < 4.78 is 5.33. The Morgan fingerprint density at radius 2 is 1.47 bits per heavy atom. The molecule has 2 N–H and O–H groups in total. The summed E-state index contributed by atoms with van der Waals surface area (Å²) in [6, 6.07) is 29.0. The molecule has 0 bridgehead atoms. The van der Waals surface area contributed by atoms with Crippen LogP contribution in [0.15, 0.2) is 84.9 Å². The van der Waals surface area contributed by atoms with Crippen molar-refractivity contribution in [1.82, 2.24) is 5.32 Å². The van der Waals surface area contributed by atoms with Gasteiger partial charge in [-0.1, -0.05) is 97.1 Å². The highest BCUT2D eigenvalue weighted by Crippen LogP contribution is 2.23. The van der Waals surface area contributed by atoms with Gasteiger partial charge in [0.25, 0.3) is 0 Å². The topological polar surface area (TPSA) is 58.6 Å². The normalized spacial score (nSPS) is 12.6. The smallest absolute Gasteiger partial charge is 0.333 e. The molecular formula is C29H33NO3S. The first-order valence-electron chi connectivity index (χ1n) is 11.9. The van der Waals surface area contributed by atoms with Gasteiger partial charge in [0.2, 0.25) is 0 Å². The largest absolute Gasteiger partial charge is 0.479 e. The minimum absolute atomic E-state index is 0.140. The fourth-order valence-corrected chi connectivity index (χ4v) is 4.37. The second-order valence-electron chi connectivity index (χ2n) is 8.33. The van der Waals surface area contributed by atoms with Crippen LogP contribution in [-0.4, -0.2) is 35.3 Å². The minimum atomic E-state index is -0.926. The van der Waals surface area contributed by atoms with Gasteiger partial charge in [0, 0.05) is 25.5 Å². The Labute approximate surface area is 208 Å². The second kappa shape index (κ2) is 13.6. The summed E-state index contributed by atoms with van der Waals surface area (Å²) in [6.45, 7) is 3.00. The summed E-state index contributed by atoms with van der Waals surface area (Å²) in [5.74, 6) is -0.786. The molecule has 0 aliphatic rings. The molecule has 0 radical (unpaired) electrons. The van der Waals surface area contributed by atoms with Crippen LogP contribution in [-0.2, 0) is 28.8 Å². The van der Waals surface area contributed by atoms with E-state index >= 15 is 0 Å². The van der Waals surface area contributed by atoms with E-state index < -0.39 is 12.1 Å². The van der Waals surface area contributed by atoms with Crippen LogP contribution in [0.1, 0.15) is 41.5 Å². The SMILES string of the molecule is CCOC(Cc1ccc(CCC(C(=S)NCCc2ccccc2)c2ccccc2)cc1)C(=O)O. The van der Waals surface area contributed by atoms with Crippen molar-refractivity contribution in [2.45, 2.75) is 44.6 Å². The number of thiocarbonyl (C=S) groups is 1. The summed E-state index contributed by atoms with van der Waals surface area (Å²) in [7, 11) is 0. The molecule has 0 aliphatic heterocycles. The van der Waals surface area contributed by atoms with Gasteiger partial charge in [-0.25, -0.2) is 4.79 Å². The Morgan fingerprint density at radius 1 is 0.882 bits per heavy atom. The number of aryl methyl sites for hydroxylation is 1. The van der Waals surface area contributed by atoms with Gasteiger partial charge in [-0.2, -0.15) is 0 Å². The highest BCUT2D eigenvalue weighted by atomic mass is 32.1. The minimum Gasteiger partial charge on any atom is -0.479 e. The number of aliphatic carboxylic acids is 1. The number of hydrogen-bond acceptors (Lipinski definition) is 3. The third-order valence-electron chi connectivity index (χ3n) is 5.88. The second-order valence-corrected chi connectivity index (χ2v) is 8.77. The lowest BCUT2D eigenvalue weighted by Crippen LogP contribution is -2.29. The van der Waals surface area contributed by atoms with Gasteiger partial charge < -0.3 is 15.2 Å². The van der Waals surface area contributed by atoms with Crippen molar-refractivity contribution in [1.29, 1.82) is 0 Å². The standard InChI is InChI=1S/C29H33NO3S/c1-2-33-27(29(31)32)21-24-15-13-23(14-16-24)17-18-26(25-11-7-4-8-12-25)28(34)30-20-19-22-9-5-3-6-10-22/h3-16,26-27H,2,17-21H2,1H3,(H,30,34)(H,31,32). The molecule has 3 rings (SSSR count). The molecule has 5 heteroatoms. The van der Waals surface area contributed by atoms with Gasteiger partial charge in [-0.05, 0) is 48.4 Å². The van der Waals surface area contributed by atoms with E-state index in [-0.39, 0.29) is 5.92 Å². The predicted molar refractivity (Wildman–Crippen MR) is 141 cm³/mol. The van der Waals surface area contributed by atoms with Crippen molar-refractivity contribution in [3.05, 3.63) is 107 Å². The van der Waals surface area contributed by atoms with Crippen molar-refractivity contribution < 1.29 is 14.6 Å². The molecule has 3 aromatic carbocycles. The van der Waals surface area contributed by atoms with Gasteiger partial charge in [0.15, 0.2) is 6.10 Å². The maximum atomic E-state index is 11.3. The monoisotopic (exact) mass is 475 g/mol. The first-order valence-corrected chi connectivity index (χ1v) is 12.3. The molecule has 0 spiro atoms. The summed E-state index contributed by atoms with van der Waals surface area (Å²) >= 11 is 5.83. The number of ether oxygens (including phenoxy) is 1. The zero-order valence-electron chi connectivity index (χ0n) is 19.7. The van der Waals surface area contributed by atoms with E-state index in [0.29, 0.717) is 13.0 Å². The molecule has 2 atom stereocenters. The Bertz CT molecular complexity index is 1020. The number of carboxylic acids is 1. The first-order chi connectivity index (χ1) is 16.6. The van der Waals surface area contributed by atoms with E-state index in [1.165, 1.54) is 16.7 Å². The van der Waals surface area contributed by atoms with E-state index in [1.807, 2.05) is 31.2 Å². The van der Waals surface area contributed by atoms with Crippen molar-refractivity contribution in [2.75, 3.05) is 13.2 Å². The van der Waals surface area contributed by atoms with Crippen molar-refractivity contribution >= 4 is 23.2 Å². The van der Waals surface area contributed by atoms with Crippen LogP contribution in [0.5, 0.6) is 0 Å². The van der Waals surface area contributed by atoms with E-state index in [1.54, 1.807) is 0 Å². The van der Waals surface area contributed by atoms with Gasteiger partial charge in [-0.3, -0.25) is 0 Å². The van der Waals surface area contributed by atoms with E-state index in [9.17, 15) is 9.90 Å². The predicted octanol–water partition coefficient (Wildman–Crippen LogP) is 5.59. The molecule has 0 heterocycles. The lowest BCUT2D eigenvalue weighted by atomic mass is 9.91. The summed E-state index contributed by atoms with van der Waals surface area (Å²) in [5, 5.41) is 12.8. The highest BCUT2D eigenvalue weighted by Gasteiger charge is 2.19. The molecule has 34 heavy (non-hydrogen) atoms. The quantitative estimate of drug-likeness (QED) is 0.315. The van der Waals surface area contributed by atoms with Crippen molar-refractivity contribution in [2.24, 2.45) is 0 Å². The Balaban J connectivity index is 1.59. The molecule has 0 saturated carbocycles. The average Bonchev–Trinajstić information content (AvgIpc) is 2.86. The fourth-order valence-electron chi connectivity index (χ4n) is 4.02. The van der Waals surface area contributed by atoms with Gasteiger partial charge >= 0.3 is 5.97 Å². The number of carboxylic acid groups (broad SMARTS) is 1. The Hall–Kier alpha value is -3.02. The van der Waals surface area contributed by atoms with E-state index in [4.69, 9.17) is 17.0 Å². The zero-order chi connectivity index (χ0) is 24.2. The summed E-state index contributed by atoms with van der Waals surface area (Å²) in [5.41, 5.74) is 4.68. The van der Waals surface area contributed by atoms with E-state index in [0.717, 1.165) is 36.4 Å². The van der Waals surface area contributed by atoms with Crippen LogP contribution in [0.4, 0.5) is 0 Å². The number of rotatable bonds is 13. The molecule has 3 aromatic rings. The molecule has 2 unspecified atom stereocenters. The molecule has 0 aliphatic carbocycles. The van der Waals surface area contributed by atoms with Crippen LogP contribution in [0, 0.1) is 0 Å². The van der Waals surface area contributed by atoms with Crippen LogP contribution in [0.3, 0.4) is 0 Å². The molecule has 178 valence electrons. The highest BCUT2D eigenvalue weighted by molar-refractivity contribution is 7.80.